The molecule has 11 nitrogen and oxygen atoms in total. The van der Waals surface area contributed by atoms with Crippen molar-refractivity contribution in [2.24, 2.45) is 22.0 Å². The van der Waals surface area contributed by atoms with E-state index in [9.17, 15) is 23.5 Å². The summed E-state index contributed by atoms with van der Waals surface area (Å²) in [7, 11) is 0. The lowest BCUT2D eigenvalue weighted by atomic mass is 10.1. The number of hydrogen-bond donors (Lipinski definition) is 2. The Morgan fingerprint density at radius 1 is 1.18 bits per heavy atom. The monoisotopic (exact) mass is 532 g/mol. The molecule has 0 amide bonds. The van der Waals surface area contributed by atoms with Crippen LogP contribution in [0.15, 0.2) is 45.6 Å². The minimum atomic E-state index is -1.61. The Kier molecular flexibility index (Phi) is 7.50. The Labute approximate surface area is 213 Å². The normalized spacial score (nSPS) is 16.9. The van der Waals surface area contributed by atoms with Crippen molar-refractivity contribution >= 4 is 34.4 Å². The van der Waals surface area contributed by atoms with Gasteiger partial charge < -0.3 is 25.4 Å². The fraction of sp³-hybridized carbons (Fsp3) is 0.292. The summed E-state index contributed by atoms with van der Waals surface area (Å²) in [6.07, 6.45) is 0.861. The summed E-state index contributed by atoms with van der Waals surface area (Å²) in [5.41, 5.74) is 4.17. The first-order valence-corrected chi connectivity index (χ1v) is 11.5. The minimum absolute atomic E-state index is 0.0186. The van der Waals surface area contributed by atoms with Gasteiger partial charge >= 0.3 is 5.97 Å². The summed E-state index contributed by atoms with van der Waals surface area (Å²) in [6, 6.07) is 3.42. The van der Waals surface area contributed by atoms with Gasteiger partial charge in [-0.05, 0) is 32.0 Å². The molecule has 0 spiro atoms. The first kappa shape index (κ1) is 26.4. The van der Waals surface area contributed by atoms with E-state index in [0.29, 0.717) is 11.8 Å². The first-order valence-electron chi connectivity index (χ1n) is 11.5. The van der Waals surface area contributed by atoms with E-state index < -0.39 is 45.7 Å². The van der Waals surface area contributed by atoms with E-state index in [0.717, 1.165) is 29.0 Å². The van der Waals surface area contributed by atoms with Crippen LogP contribution in [-0.4, -0.2) is 58.5 Å². The molecule has 14 heteroatoms. The lowest BCUT2D eigenvalue weighted by Gasteiger charge is -2.19. The number of aromatic carboxylic acids is 1. The van der Waals surface area contributed by atoms with Crippen molar-refractivity contribution in [1.82, 2.24) is 9.55 Å². The predicted octanol–water partition coefficient (Wildman–Crippen LogP) is 2.64. The zero-order valence-electron chi connectivity index (χ0n) is 20.3. The predicted molar refractivity (Wildman–Crippen MR) is 132 cm³/mol. The second-order valence-electron chi connectivity index (χ2n) is 8.18. The fourth-order valence-electron chi connectivity index (χ4n) is 4.01. The van der Waals surface area contributed by atoms with Crippen LogP contribution in [0, 0.1) is 23.4 Å². The van der Waals surface area contributed by atoms with Gasteiger partial charge in [0, 0.05) is 18.8 Å². The number of nitrogens with two attached hydrogens (primary N) is 1. The van der Waals surface area contributed by atoms with E-state index >= 15 is 4.39 Å². The molecule has 200 valence electrons. The van der Waals surface area contributed by atoms with Crippen LogP contribution < -0.4 is 16.1 Å². The standard InChI is InChI=1S/C24H23F3N6O5/c1-3-37-30-18-11-32(9-14(18)21(28)31-38-4-2)23-17(27)8-13-20(34)15(24(35)36)10-33(22(13)29-23)19-6-5-12(25)7-16(19)26/h5-8,10,14H,3-4,9,11H2,1-2H3,(H2,28,31)(H,35,36)/b30-18+. The van der Waals surface area contributed by atoms with Gasteiger partial charge in [0.1, 0.15) is 36.2 Å². The number of pyridine rings is 2. The second kappa shape index (κ2) is 10.8. The van der Waals surface area contributed by atoms with E-state index in [2.05, 4.69) is 15.3 Å². The highest BCUT2D eigenvalue weighted by molar-refractivity contribution is 6.10. The highest BCUT2D eigenvalue weighted by atomic mass is 19.1. The van der Waals surface area contributed by atoms with Gasteiger partial charge in [0.05, 0.1) is 29.2 Å². The van der Waals surface area contributed by atoms with E-state index in [-0.39, 0.29) is 49.3 Å². The van der Waals surface area contributed by atoms with E-state index in [4.69, 9.17) is 15.4 Å². The lowest BCUT2D eigenvalue weighted by molar-refractivity contribution is 0.0695. The van der Waals surface area contributed by atoms with Gasteiger partial charge in [-0.2, -0.15) is 0 Å². The molecule has 1 aliphatic heterocycles. The van der Waals surface area contributed by atoms with Crippen molar-refractivity contribution in [3.63, 3.8) is 0 Å². The Balaban J connectivity index is 1.90. The third kappa shape index (κ3) is 4.96. The molecule has 3 N–H and O–H groups in total. The molecule has 0 bridgehead atoms. The maximum atomic E-state index is 15.4. The average Bonchev–Trinajstić information content (AvgIpc) is 3.30. The number of amidine groups is 1. The number of carbonyl (C=O) groups is 1. The SMILES string of the molecule is CCO/N=C1\CN(c2nc3c(cc2F)c(=O)c(C(=O)O)cn3-c2ccc(F)cc2F)CC1/C(N)=N\OCC. The van der Waals surface area contributed by atoms with Crippen molar-refractivity contribution in [2.45, 2.75) is 13.8 Å². The summed E-state index contributed by atoms with van der Waals surface area (Å²) in [6.45, 7) is 4.07. The molecule has 4 rings (SSSR count). The molecule has 2 aromatic heterocycles. The molecule has 1 saturated heterocycles. The molecule has 1 unspecified atom stereocenters. The molecule has 0 saturated carbocycles. The average molecular weight is 532 g/mol. The number of hydrogen-bond acceptors (Lipinski definition) is 8. The van der Waals surface area contributed by atoms with Crippen LogP contribution >= 0.6 is 0 Å². The van der Waals surface area contributed by atoms with E-state index in [1.807, 2.05) is 0 Å². The number of rotatable bonds is 8. The molecule has 3 aromatic rings. The molecule has 3 heterocycles. The van der Waals surface area contributed by atoms with Crippen LogP contribution in [0.4, 0.5) is 19.0 Å². The Bertz CT molecular complexity index is 1520. The zero-order chi connectivity index (χ0) is 27.6. The maximum absolute atomic E-state index is 15.4. The highest BCUT2D eigenvalue weighted by Gasteiger charge is 2.35. The second-order valence-corrected chi connectivity index (χ2v) is 8.18. The number of halogens is 3. The number of benzene rings is 1. The largest absolute Gasteiger partial charge is 0.477 e. The topological polar surface area (TPSA) is 145 Å². The van der Waals surface area contributed by atoms with Crippen molar-refractivity contribution in [3.8, 4) is 5.69 Å². The quantitative estimate of drug-likeness (QED) is 0.256. The summed E-state index contributed by atoms with van der Waals surface area (Å²) < 4.78 is 44.6. The van der Waals surface area contributed by atoms with Gasteiger partial charge in [0.15, 0.2) is 17.3 Å². The summed E-state index contributed by atoms with van der Waals surface area (Å²) in [4.78, 5) is 40.5. The minimum Gasteiger partial charge on any atom is -0.477 e. The molecule has 1 aliphatic rings. The van der Waals surface area contributed by atoms with Crippen LogP contribution in [-0.2, 0) is 9.68 Å². The van der Waals surface area contributed by atoms with Gasteiger partial charge in [-0.25, -0.2) is 22.9 Å². The molecule has 0 aliphatic carbocycles. The molecule has 38 heavy (non-hydrogen) atoms. The van der Waals surface area contributed by atoms with Crippen LogP contribution in [0.1, 0.15) is 24.2 Å². The number of carboxylic acids is 1. The number of nitrogens with zero attached hydrogens (tertiary/aromatic N) is 5. The molecule has 0 radical (unpaired) electrons. The van der Waals surface area contributed by atoms with Gasteiger partial charge in [-0.1, -0.05) is 10.3 Å². The van der Waals surface area contributed by atoms with Crippen molar-refractivity contribution in [1.29, 1.82) is 0 Å². The van der Waals surface area contributed by atoms with Crippen LogP contribution in [0.2, 0.25) is 0 Å². The van der Waals surface area contributed by atoms with Crippen LogP contribution in [0.25, 0.3) is 16.7 Å². The Morgan fingerprint density at radius 3 is 2.58 bits per heavy atom. The van der Waals surface area contributed by atoms with Gasteiger partial charge in [-0.15, -0.1) is 0 Å². The number of fused-ring (bicyclic) bond motifs is 1. The zero-order valence-corrected chi connectivity index (χ0v) is 20.3. The highest BCUT2D eigenvalue weighted by Crippen LogP contribution is 2.28. The smallest absolute Gasteiger partial charge is 0.341 e. The van der Waals surface area contributed by atoms with Gasteiger partial charge in [0.25, 0.3) is 0 Å². The van der Waals surface area contributed by atoms with E-state index in [1.54, 1.807) is 13.8 Å². The molecular weight excluding hydrogens is 509 g/mol. The first-order chi connectivity index (χ1) is 18.2. The maximum Gasteiger partial charge on any atom is 0.341 e. The molecule has 1 aromatic carbocycles. The van der Waals surface area contributed by atoms with Crippen LogP contribution in [0.3, 0.4) is 0 Å². The van der Waals surface area contributed by atoms with Crippen LogP contribution in [0.5, 0.6) is 0 Å². The third-order valence-corrected chi connectivity index (χ3v) is 5.74. The van der Waals surface area contributed by atoms with Gasteiger partial charge in [-0.3, -0.25) is 9.36 Å². The summed E-state index contributed by atoms with van der Waals surface area (Å²) in [5.74, 6) is -5.26. The lowest BCUT2D eigenvalue weighted by Crippen LogP contribution is -2.31. The molecular formula is C24H23F3N6O5. The van der Waals surface area contributed by atoms with Crippen molar-refractivity contribution < 1.29 is 32.7 Å². The summed E-state index contributed by atoms with van der Waals surface area (Å²) in [5, 5.41) is 17.0. The Morgan fingerprint density at radius 2 is 1.92 bits per heavy atom. The third-order valence-electron chi connectivity index (χ3n) is 5.74. The molecule has 1 fully saturated rings. The summed E-state index contributed by atoms with van der Waals surface area (Å²) >= 11 is 0. The molecule has 1 atom stereocenters. The van der Waals surface area contributed by atoms with E-state index in [1.165, 1.54) is 4.90 Å². The number of anilines is 1. The van der Waals surface area contributed by atoms with Gasteiger partial charge in [0.2, 0.25) is 5.43 Å². The number of carboxylic acid groups (broad SMARTS) is 1. The fourth-order valence-corrected chi connectivity index (χ4v) is 4.01. The van der Waals surface area contributed by atoms with Crippen molar-refractivity contribution in [2.75, 3.05) is 31.2 Å². The number of oxime groups is 2. The number of aromatic nitrogens is 2. The Hall–Kier alpha value is -4.62. The van der Waals surface area contributed by atoms with Crippen molar-refractivity contribution in [3.05, 3.63) is 63.7 Å².